The zero-order valence-electron chi connectivity index (χ0n) is 13.1. The van der Waals surface area contributed by atoms with Crippen LogP contribution in [-0.4, -0.2) is 48.3 Å². The molecule has 1 spiro atoms. The van der Waals surface area contributed by atoms with Crippen LogP contribution in [0.5, 0.6) is 0 Å². The number of carbonyl (C=O) groups excluding carboxylic acids is 1. The molecule has 0 bridgehead atoms. The van der Waals surface area contributed by atoms with Crippen LogP contribution >= 0.6 is 0 Å². The lowest BCUT2D eigenvalue weighted by Gasteiger charge is -2.39. The van der Waals surface area contributed by atoms with E-state index >= 15 is 0 Å². The average molecular weight is 318 g/mol. The molecule has 0 radical (unpaired) electrons. The third-order valence-corrected chi connectivity index (χ3v) is 4.78. The number of carboxylic acid groups (broad SMARTS) is 1. The summed E-state index contributed by atoms with van der Waals surface area (Å²) in [5.74, 6) is -0.946. The Morgan fingerprint density at radius 2 is 2.04 bits per heavy atom. The molecule has 23 heavy (non-hydrogen) atoms. The number of amides is 2. The molecule has 0 saturated carbocycles. The van der Waals surface area contributed by atoms with Gasteiger partial charge in [-0.05, 0) is 37.0 Å². The highest BCUT2D eigenvalue weighted by Crippen LogP contribution is 2.37. The molecule has 2 fully saturated rings. The summed E-state index contributed by atoms with van der Waals surface area (Å²) >= 11 is 0. The van der Waals surface area contributed by atoms with Gasteiger partial charge in [0.2, 0.25) is 0 Å². The van der Waals surface area contributed by atoms with Crippen molar-refractivity contribution in [1.82, 2.24) is 10.2 Å². The average Bonchev–Trinajstić information content (AvgIpc) is 3.00. The number of carboxylic acids is 1. The molecule has 3 rings (SSSR count). The first kappa shape index (κ1) is 15.8. The predicted molar refractivity (Wildman–Crippen MR) is 84.3 cm³/mol. The molecule has 2 aliphatic heterocycles. The van der Waals surface area contributed by atoms with Crippen LogP contribution in [0.1, 0.15) is 35.2 Å². The number of hydrogen-bond acceptors (Lipinski definition) is 3. The number of piperidine rings is 1. The molecule has 1 aromatic rings. The summed E-state index contributed by atoms with van der Waals surface area (Å²) < 4.78 is 5.52. The van der Waals surface area contributed by atoms with Gasteiger partial charge in [-0.3, -0.25) is 0 Å². The second-order valence-corrected chi connectivity index (χ2v) is 6.49. The highest BCUT2D eigenvalue weighted by Gasteiger charge is 2.40. The van der Waals surface area contributed by atoms with Crippen molar-refractivity contribution >= 4 is 12.0 Å². The van der Waals surface area contributed by atoms with Crippen LogP contribution in [-0.2, 0) is 11.3 Å². The van der Waals surface area contributed by atoms with Crippen molar-refractivity contribution in [3.63, 3.8) is 0 Å². The molecule has 1 aromatic carbocycles. The van der Waals surface area contributed by atoms with E-state index in [0.29, 0.717) is 6.54 Å². The Balaban J connectivity index is 1.53. The summed E-state index contributed by atoms with van der Waals surface area (Å²) in [5, 5.41) is 11.8. The van der Waals surface area contributed by atoms with Gasteiger partial charge in [-0.15, -0.1) is 0 Å². The van der Waals surface area contributed by atoms with E-state index in [1.807, 2.05) is 4.90 Å². The van der Waals surface area contributed by atoms with Crippen LogP contribution in [0.2, 0.25) is 0 Å². The fourth-order valence-corrected chi connectivity index (χ4v) is 3.41. The Bertz CT molecular complexity index is 579. The summed E-state index contributed by atoms with van der Waals surface area (Å²) in [4.78, 5) is 25.1. The van der Waals surface area contributed by atoms with Crippen molar-refractivity contribution in [3.8, 4) is 0 Å². The van der Waals surface area contributed by atoms with Crippen LogP contribution < -0.4 is 5.32 Å². The molecule has 0 aliphatic carbocycles. The Morgan fingerprint density at radius 1 is 1.26 bits per heavy atom. The number of nitrogens with one attached hydrogen (secondary N) is 1. The quantitative estimate of drug-likeness (QED) is 0.894. The minimum absolute atomic E-state index is 0.0571. The molecule has 1 atom stereocenters. The fourth-order valence-electron chi connectivity index (χ4n) is 3.41. The molecule has 2 N–H and O–H groups in total. The molecule has 2 amide bonds. The van der Waals surface area contributed by atoms with Crippen molar-refractivity contribution < 1.29 is 19.4 Å². The van der Waals surface area contributed by atoms with Gasteiger partial charge < -0.3 is 20.1 Å². The number of hydrogen-bond donors (Lipinski definition) is 2. The number of benzene rings is 1. The topological polar surface area (TPSA) is 78.9 Å². The number of ether oxygens (including phenoxy) is 1. The highest BCUT2D eigenvalue weighted by atomic mass is 16.5. The second kappa shape index (κ2) is 6.58. The maximum atomic E-state index is 12.4. The number of urea groups is 1. The van der Waals surface area contributed by atoms with Crippen LogP contribution in [0.3, 0.4) is 0 Å². The van der Waals surface area contributed by atoms with Crippen LogP contribution in [0, 0.1) is 5.41 Å². The standard InChI is InChI=1S/C17H22N2O4/c20-15(21)14-4-2-13(3-5-14)10-18-16(22)19-8-1-6-17(11-19)7-9-23-12-17/h2-5H,1,6-12H2,(H,18,22)(H,20,21). The first-order valence-electron chi connectivity index (χ1n) is 8.01. The van der Waals surface area contributed by atoms with Gasteiger partial charge in [-0.2, -0.15) is 0 Å². The Hall–Kier alpha value is -2.08. The summed E-state index contributed by atoms with van der Waals surface area (Å²) in [7, 11) is 0. The van der Waals surface area contributed by atoms with Gasteiger partial charge in [0.1, 0.15) is 0 Å². The third-order valence-electron chi connectivity index (χ3n) is 4.78. The molecule has 6 nitrogen and oxygen atoms in total. The normalized spacial score (nSPS) is 23.9. The summed E-state index contributed by atoms with van der Waals surface area (Å²) in [6, 6.07) is 6.50. The first-order valence-corrected chi connectivity index (χ1v) is 8.01. The maximum absolute atomic E-state index is 12.4. The van der Waals surface area contributed by atoms with Gasteiger partial charge in [0, 0.05) is 31.7 Å². The molecule has 2 heterocycles. The number of carbonyl (C=O) groups is 2. The molecule has 2 saturated heterocycles. The third kappa shape index (κ3) is 3.64. The van der Waals surface area contributed by atoms with Gasteiger partial charge in [-0.25, -0.2) is 9.59 Å². The zero-order chi connectivity index (χ0) is 16.3. The molecule has 124 valence electrons. The largest absolute Gasteiger partial charge is 0.478 e. The number of aromatic carboxylic acids is 1. The lowest BCUT2D eigenvalue weighted by atomic mass is 9.79. The van der Waals surface area contributed by atoms with E-state index in [1.165, 1.54) is 0 Å². The second-order valence-electron chi connectivity index (χ2n) is 6.49. The van der Waals surface area contributed by atoms with E-state index < -0.39 is 5.97 Å². The molecular weight excluding hydrogens is 296 g/mol. The fraction of sp³-hybridized carbons (Fsp3) is 0.529. The molecule has 2 aliphatic rings. The Labute approximate surface area is 135 Å². The lowest BCUT2D eigenvalue weighted by molar-refractivity contribution is 0.0696. The van der Waals surface area contributed by atoms with Crippen LogP contribution in [0.25, 0.3) is 0 Å². The van der Waals surface area contributed by atoms with Crippen molar-refractivity contribution in [2.45, 2.75) is 25.8 Å². The van der Waals surface area contributed by atoms with Crippen molar-refractivity contribution in [3.05, 3.63) is 35.4 Å². The van der Waals surface area contributed by atoms with E-state index in [4.69, 9.17) is 9.84 Å². The summed E-state index contributed by atoms with van der Waals surface area (Å²) in [6.45, 7) is 3.50. The smallest absolute Gasteiger partial charge is 0.335 e. The SMILES string of the molecule is O=C(O)c1ccc(CNC(=O)N2CCCC3(CCOC3)C2)cc1. The van der Waals surface area contributed by atoms with Crippen LogP contribution in [0.15, 0.2) is 24.3 Å². The number of likely N-dealkylation sites (tertiary alicyclic amines) is 1. The van der Waals surface area contributed by atoms with E-state index in [-0.39, 0.29) is 17.0 Å². The van der Waals surface area contributed by atoms with Gasteiger partial charge in [0.05, 0.1) is 12.2 Å². The van der Waals surface area contributed by atoms with Crippen molar-refractivity contribution in [2.24, 2.45) is 5.41 Å². The molecule has 6 heteroatoms. The van der Waals surface area contributed by atoms with Crippen molar-refractivity contribution in [2.75, 3.05) is 26.3 Å². The monoisotopic (exact) mass is 318 g/mol. The molecular formula is C17H22N2O4. The number of rotatable bonds is 3. The minimum atomic E-state index is -0.946. The van der Waals surface area contributed by atoms with Gasteiger partial charge in [-0.1, -0.05) is 12.1 Å². The Morgan fingerprint density at radius 3 is 2.70 bits per heavy atom. The molecule has 1 unspecified atom stereocenters. The van der Waals surface area contributed by atoms with Crippen molar-refractivity contribution in [1.29, 1.82) is 0 Å². The van der Waals surface area contributed by atoms with Gasteiger partial charge in [0.15, 0.2) is 0 Å². The van der Waals surface area contributed by atoms with Gasteiger partial charge >= 0.3 is 12.0 Å². The minimum Gasteiger partial charge on any atom is -0.478 e. The number of nitrogens with zero attached hydrogens (tertiary/aromatic N) is 1. The summed E-state index contributed by atoms with van der Waals surface area (Å²) in [6.07, 6.45) is 3.19. The van der Waals surface area contributed by atoms with E-state index in [2.05, 4.69) is 5.32 Å². The maximum Gasteiger partial charge on any atom is 0.335 e. The highest BCUT2D eigenvalue weighted by molar-refractivity contribution is 5.87. The van der Waals surface area contributed by atoms with E-state index in [0.717, 1.165) is 51.1 Å². The van der Waals surface area contributed by atoms with Crippen LogP contribution in [0.4, 0.5) is 4.79 Å². The van der Waals surface area contributed by atoms with E-state index in [9.17, 15) is 9.59 Å². The summed E-state index contributed by atoms with van der Waals surface area (Å²) in [5.41, 5.74) is 1.29. The zero-order valence-corrected chi connectivity index (χ0v) is 13.1. The first-order chi connectivity index (χ1) is 11.1. The lowest BCUT2D eigenvalue weighted by Crippen LogP contribution is -2.49. The van der Waals surface area contributed by atoms with E-state index in [1.54, 1.807) is 24.3 Å². The van der Waals surface area contributed by atoms with Gasteiger partial charge in [0.25, 0.3) is 0 Å². The Kier molecular flexibility index (Phi) is 4.52. The predicted octanol–water partition coefficient (Wildman–Crippen LogP) is 2.10. The molecule has 0 aromatic heterocycles.